The Morgan fingerprint density at radius 2 is 1.94 bits per heavy atom. The van der Waals surface area contributed by atoms with E-state index in [0.29, 0.717) is 36.8 Å². The van der Waals surface area contributed by atoms with Crippen LogP contribution in [0.4, 0.5) is 20.2 Å². The molecule has 1 aromatic rings. The van der Waals surface area contributed by atoms with E-state index in [0.717, 1.165) is 44.2 Å². The Balaban J connectivity index is 1.19. The Morgan fingerprint density at radius 3 is 2.76 bits per heavy atom. The van der Waals surface area contributed by atoms with E-state index in [1.54, 1.807) is 11.1 Å². The third kappa shape index (κ3) is 3.33. The predicted octanol–water partition coefficient (Wildman–Crippen LogP) is 5.16. The van der Waals surface area contributed by atoms with Crippen molar-refractivity contribution in [2.45, 2.75) is 82.9 Å². The summed E-state index contributed by atoms with van der Waals surface area (Å²) in [6.45, 7) is 4.32. The highest BCUT2D eigenvalue weighted by atomic mass is 19.1. The fraction of sp³-hybridized carbons (Fsp3) is 0.741. The number of alkyl halides is 1. The number of rotatable bonds is 3. The van der Waals surface area contributed by atoms with Crippen molar-refractivity contribution in [1.29, 1.82) is 0 Å². The fourth-order valence-electron chi connectivity index (χ4n) is 8.92. The van der Waals surface area contributed by atoms with Gasteiger partial charge >= 0.3 is 0 Å². The number of carbonyl (C=O) groups excluding carboxylic acids is 1. The molecule has 1 aliphatic heterocycles. The maximum atomic E-state index is 16.5. The second-order valence-corrected chi connectivity index (χ2v) is 12.4. The first kappa shape index (κ1) is 22.7. The van der Waals surface area contributed by atoms with Crippen molar-refractivity contribution in [1.82, 2.24) is 5.53 Å². The first-order valence-corrected chi connectivity index (χ1v) is 13.1. The van der Waals surface area contributed by atoms with E-state index < -0.39 is 11.3 Å². The molecule has 1 aromatic carbocycles. The molecule has 0 amide bonds. The molecule has 4 fully saturated rings. The van der Waals surface area contributed by atoms with Gasteiger partial charge in [0, 0.05) is 12.0 Å². The molecule has 4 saturated carbocycles. The number of ketones is 1. The van der Waals surface area contributed by atoms with Crippen LogP contribution >= 0.6 is 0 Å². The van der Waals surface area contributed by atoms with Crippen molar-refractivity contribution in [3.63, 3.8) is 0 Å². The van der Waals surface area contributed by atoms with Gasteiger partial charge in [0.25, 0.3) is 0 Å². The molecule has 1 heterocycles. The molecule has 6 rings (SSSR count). The predicted molar refractivity (Wildman–Crippen MR) is 127 cm³/mol. The van der Waals surface area contributed by atoms with Gasteiger partial charge in [-0.2, -0.15) is 0 Å². The Kier molecular flexibility index (Phi) is 5.10. The smallest absolute Gasteiger partial charge is 0.157 e. The lowest BCUT2D eigenvalue weighted by molar-refractivity contribution is -0.165. The fourth-order valence-corrected chi connectivity index (χ4v) is 8.92. The van der Waals surface area contributed by atoms with Crippen LogP contribution < -0.4 is 16.0 Å². The van der Waals surface area contributed by atoms with Crippen LogP contribution in [0.1, 0.15) is 71.6 Å². The maximum Gasteiger partial charge on any atom is 0.157 e. The third-order valence-electron chi connectivity index (χ3n) is 10.6. The summed E-state index contributed by atoms with van der Waals surface area (Å²) in [6, 6.07) is 4.52. The zero-order valence-electron chi connectivity index (χ0n) is 20.2. The van der Waals surface area contributed by atoms with Crippen molar-refractivity contribution in [2.24, 2.45) is 35.0 Å². The van der Waals surface area contributed by atoms with Crippen LogP contribution in [0.2, 0.25) is 0 Å². The molecule has 5 nitrogen and oxygen atoms in total. The van der Waals surface area contributed by atoms with Crippen molar-refractivity contribution < 1.29 is 18.7 Å². The summed E-state index contributed by atoms with van der Waals surface area (Å²) in [5.41, 5.74) is 5.44. The minimum absolute atomic E-state index is 0.0325. The molecule has 34 heavy (non-hydrogen) atoms. The molecule has 3 N–H and O–H groups in total. The standard InChI is InChI=1S/C27H37F2N3O2/c1-25(34)11-12-27(29)16(14-25)3-5-18-19-6-7-21(26(19,2)10-9-20(18)27)24(33)15-32-23-13-17(28)4-8-22(23)30-31-32/h4,8,13,16,18-21,30-31,34H,3,5-7,9-12,14-15H2,1-2H3/t16?,18-,19-,20-,21+,25+,26-,27?/m0/s1. The molecule has 4 aliphatic carbocycles. The van der Waals surface area contributed by atoms with Gasteiger partial charge in [-0.3, -0.25) is 9.80 Å². The second-order valence-electron chi connectivity index (χ2n) is 12.4. The average molecular weight is 474 g/mol. The van der Waals surface area contributed by atoms with Crippen molar-refractivity contribution in [3.8, 4) is 0 Å². The van der Waals surface area contributed by atoms with Crippen LogP contribution in [0.3, 0.4) is 0 Å². The molecule has 8 atom stereocenters. The lowest BCUT2D eigenvalue weighted by atomic mass is 9.48. The number of Topliss-reactive ketones (excluding diaryl/α,β-unsaturated/α-hetero) is 1. The number of anilines is 2. The van der Waals surface area contributed by atoms with Crippen LogP contribution in [0.5, 0.6) is 0 Å². The van der Waals surface area contributed by atoms with Crippen LogP contribution in [0.25, 0.3) is 0 Å². The second kappa shape index (κ2) is 7.63. The highest BCUT2D eigenvalue weighted by Gasteiger charge is 2.63. The summed E-state index contributed by atoms with van der Waals surface area (Å²) in [5.74, 6) is 0.565. The highest BCUT2D eigenvalue weighted by molar-refractivity contribution is 5.88. The van der Waals surface area contributed by atoms with Crippen molar-refractivity contribution in [3.05, 3.63) is 24.0 Å². The number of halogens is 2. The average Bonchev–Trinajstić information content (AvgIpc) is 3.34. The summed E-state index contributed by atoms with van der Waals surface area (Å²) >= 11 is 0. The molecule has 0 bridgehead atoms. The van der Waals surface area contributed by atoms with E-state index in [-0.39, 0.29) is 41.3 Å². The molecule has 5 aliphatic rings. The van der Waals surface area contributed by atoms with Gasteiger partial charge in [-0.05, 0) is 106 Å². The van der Waals surface area contributed by atoms with Crippen molar-refractivity contribution >= 4 is 17.2 Å². The number of carbonyl (C=O) groups is 1. The normalized spacial score (nSPS) is 45.1. The minimum atomic E-state index is -1.16. The number of fused-ring (bicyclic) bond motifs is 6. The quantitative estimate of drug-likeness (QED) is 0.566. The largest absolute Gasteiger partial charge is 0.390 e. The first-order chi connectivity index (χ1) is 16.1. The Hall–Kier alpha value is -1.73. The number of hydrogen-bond acceptors (Lipinski definition) is 5. The summed E-state index contributed by atoms with van der Waals surface area (Å²) in [5, 5.41) is 12.3. The van der Waals surface area contributed by atoms with Crippen LogP contribution in [-0.4, -0.2) is 28.7 Å². The van der Waals surface area contributed by atoms with Crippen molar-refractivity contribution in [2.75, 3.05) is 17.0 Å². The van der Waals surface area contributed by atoms with E-state index >= 15 is 4.39 Å². The van der Waals surface area contributed by atoms with Gasteiger partial charge in [0.05, 0.1) is 23.5 Å². The highest BCUT2D eigenvalue weighted by Crippen LogP contribution is 2.66. The zero-order chi connectivity index (χ0) is 23.9. The lowest BCUT2D eigenvalue weighted by Gasteiger charge is -2.59. The summed E-state index contributed by atoms with van der Waals surface area (Å²) in [4.78, 5) is 13.6. The van der Waals surface area contributed by atoms with Gasteiger partial charge < -0.3 is 10.5 Å². The van der Waals surface area contributed by atoms with E-state index in [9.17, 15) is 14.3 Å². The molecule has 0 saturated heterocycles. The maximum absolute atomic E-state index is 16.5. The molecule has 7 heteroatoms. The van der Waals surface area contributed by atoms with E-state index in [2.05, 4.69) is 17.9 Å². The lowest BCUT2D eigenvalue weighted by Crippen LogP contribution is -2.58. The van der Waals surface area contributed by atoms with E-state index in [1.807, 2.05) is 6.92 Å². The summed E-state index contributed by atoms with van der Waals surface area (Å²) < 4.78 is 30.3. The number of hydrazine groups is 2. The van der Waals surface area contributed by atoms with Crippen LogP contribution in [-0.2, 0) is 4.79 Å². The molecule has 186 valence electrons. The van der Waals surface area contributed by atoms with Gasteiger partial charge in [0.15, 0.2) is 5.78 Å². The van der Waals surface area contributed by atoms with Gasteiger partial charge in [0.1, 0.15) is 11.5 Å². The Morgan fingerprint density at radius 1 is 1.12 bits per heavy atom. The molecule has 0 spiro atoms. The van der Waals surface area contributed by atoms with E-state index in [1.165, 1.54) is 12.1 Å². The van der Waals surface area contributed by atoms with Crippen LogP contribution in [0.15, 0.2) is 18.2 Å². The minimum Gasteiger partial charge on any atom is -0.390 e. The monoisotopic (exact) mass is 473 g/mol. The Bertz CT molecular complexity index is 1000. The molecular formula is C27H37F2N3O2. The first-order valence-electron chi connectivity index (χ1n) is 13.1. The van der Waals surface area contributed by atoms with Gasteiger partial charge in [-0.1, -0.05) is 6.92 Å². The number of hydrogen-bond donors (Lipinski definition) is 3. The SMILES string of the molecule is C[C@@]1(O)CCC2(F)C(CC[C@@H]3[C@@H]2CC[C@]2(C)[C@@H](C(=O)CN4NNc5ccc(F)cc54)CC[C@@H]32)C1. The topological polar surface area (TPSA) is 64.6 Å². The number of nitrogens with zero attached hydrogens (tertiary/aromatic N) is 1. The molecule has 2 unspecified atom stereocenters. The zero-order valence-corrected chi connectivity index (χ0v) is 20.2. The molecular weight excluding hydrogens is 436 g/mol. The molecule has 0 radical (unpaired) electrons. The molecule has 0 aromatic heterocycles. The number of nitrogens with one attached hydrogen (secondary N) is 2. The third-order valence-corrected chi connectivity index (χ3v) is 10.6. The number of aliphatic hydroxyl groups is 1. The Labute approximate surface area is 200 Å². The van der Waals surface area contributed by atoms with Gasteiger partial charge in [-0.15, -0.1) is 5.53 Å². The van der Waals surface area contributed by atoms with Gasteiger partial charge in [-0.25, -0.2) is 8.78 Å². The number of benzene rings is 1. The van der Waals surface area contributed by atoms with E-state index in [4.69, 9.17) is 0 Å². The van der Waals surface area contributed by atoms with Crippen LogP contribution in [0, 0.1) is 40.8 Å². The van der Waals surface area contributed by atoms with Gasteiger partial charge in [0.2, 0.25) is 0 Å². The summed E-state index contributed by atoms with van der Waals surface area (Å²) in [7, 11) is 0. The summed E-state index contributed by atoms with van der Waals surface area (Å²) in [6.07, 6.45) is 7.05.